The van der Waals surface area contributed by atoms with Gasteiger partial charge in [-0.1, -0.05) is 26.8 Å². The van der Waals surface area contributed by atoms with Crippen LogP contribution in [-0.2, 0) is 19.1 Å². The van der Waals surface area contributed by atoms with Gasteiger partial charge in [-0.25, -0.2) is 4.79 Å². The molecule has 6 heteroatoms. The number of methoxy groups -OCH3 is 1. The van der Waals surface area contributed by atoms with E-state index >= 15 is 0 Å². The van der Waals surface area contributed by atoms with Gasteiger partial charge in [-0.2, -0.15) is 0 Å². The van der Waals surface area contributed by atoms with E-state index in [1.54, 1.807) is 6.08 Å². The van der Waals surface area contributed by atoms with Gasteiger partial charge in [0.1, 0.15) is 11.8 Å². The van der Waals surface area contributed by atoms with Crippen molar-refractivity contribution in [3.05, 3.63) is 12.7 Å². The normalized spacial score (nSPS) is 38.1. The molecule has 124 valence electrons. The molecule has 0 spiro atoms. The molecule has 0 aliphatic carbocycles. The lowest BCUT2D eigenvalue weighted by atomic mass is 9.75. The molecule has 0 saturated carbocycles. The number of carbonyl (C=O) groups excluding carboxylic acids is 2. The molecular formula is C16H25NO5. The van der Waals surface area contributed by atoms with Crippen molar-refractivity contribution < 1.29 is 24.2 Å². The summed E-state index contributed by atoms with van der Waals surface area (Å²) >= 11 is 0. The third-order valence-electron chi connectivity index (χ3n) is 4.81. The molecule has 2 fully saturated rings. The summed E-state index contributed by atoms with van der Waals surface area (Å²) in [5, 5.41) is 11.1. The largest absolute Gasteiger partial charge is 0.467 e. The molecule has 0 aromatic carbocycles. The maximum atomic E-state index is 12.9. The van der Waals surface area contributed by atoms with Crippen LogP contribution in [0.4, 0.5) is 0 Å². The summed E-state index contributed by atoms with van der Waals surface area (Å²) in [6, 6.07) is 0. The Morgan fingerprint density at radius 1 is 1.59 bits per heavy atom. The lowest BCUT2D eigenvalue weighted by Crippen LogP contribution is -2.64. The van der Waals surface area contributed by atoms with Crippen LogP contribution >= 0.6 is 0 Å². The number of nitrogens with zero attached hydrogens (tertiary/aromatic N) is 1. The number of aliphatic hydroxyl groups is 1. The fraction of sp³-hybridized carbons (Fsp3) is 0.750. The van der Waals surface area contributed by atoms with Crippen LogP contribution in [0.25, 0.3) is 0 Å². The summed E-state index contributed by atoms with van der Waals surface area (Å²) in [6.45, 7) is 10.8. The van der Waals surface area contributed by atoms with Crippen molar-refractivity contribution in [3.8, 4) is 0 Å². The number of hydrogen-bond acceptors (Lipinski definition) is 5. The first kappa shape index (κ1) is 17.0. The van der Waals surface area contributed by atoms with E-state index in [1.165, 1.54) is 18.9 Å². The Balaban J connectivity index is 2.61. The Hall–Kier alpha value is -1.40. The summed E-state index contributed by atoms with van der Waals surface area (Å²) in [5.74, 6) is -1.69. The number of ether oxygens (including phenoxy) is 2. The SMILES string of the molecule is C=CC[C@@H]1C(=O)N2[C@H](C(C)(C)C)OC[C@]2(C(=O)OC)[C@@]1(C)O. The third kappa shape index (κ3) is 1.93. The monoisotopic (exact) mass is 311 g/mol. The summed E-state index contributed by atoms with van der Waals surface area (Å²) in [5.41, 5.74) is -3.50. The van der Waals surface area contributed by atoms with Crippen LogP contribution < -0.4 is 0 Å². The Morgan fingerprint density at radius 3 is 2.64 bits per heavy atom. The summed E-state index contributed by atoms with van der Waals surface area (Å²) in [4.78, 5) is 26.8. The highest BCUT2D eigenvalue weighted by molar-refractivity contribution is 5.97. The van der Waals surface area contributed by atoms with E-state index in [9.17, 15) is 14.7 Å². The molecule has 0 aromatic rings. The van der Waals surface area contributed by atoms with Crippen molar-refractivity contribution in [2.75, 3.05) is 13.7 Å². The summed E-state index contributed by atoms with van der Waals surface area (Å²) in [7, 11) is 1.25. The van der Waals surface area contributed by atoms with Crippen LogP contribution in [0.5, 0.6) is 0 Å². The van der Waals surface area contributed by atoms with Crippen molar-refractivity contribution in [1.82, 2.24) is 4.90 Å². The molecule has 0 aromatic heterocycles. The maximum Gasteiger partial charge on any atom is 0.337 e. The van der Waals surface area contributed by atoms with Gasteiger partial charge in [0.25, 0.3) is 0 Å². The predicted molar refractivity (Wildman–Crippen MR) is 79.7 cm³/mol. The second-order valence-electron chi connectivity index (χ2n) is 7.31. The molecule has 2 aliphatic rings. The van der Waals surface area contributed by atoms with Crippen LogP contribution in [0.1, 0.15) is 34.1 Å². The van der Waals surface area contributed by atoms with E-state index in [2.05, 4.69) is 6.58 Å². The van der Waals surface area contributed by atoms with Crippen LogP contribution in [0.15, 0.2) is 12.7 Å². The van der Waals surface area contributed by atoms with Crippen LogP contribution in [0.2, 0.25) is 0 Å². The zero-order valence-electron chi connectivity index (χ0n) is 13.9. The van der Waals surface area contributed by atoms with Crippen molar-refractivity contribution >= 4 is 11.9 Å². The van der Waals surface area contributed by atoms with Crippen molar-refractivity contribution in [2.45, 2.75) is 51.5 Å². The summed E-state index contributed by atoms with van der Waals surface area (Å²) in [6.07, 6.45) is 1.27. The van der Waals surface area contributed by atoms with E-state index in [0.29, 0.717) is 0 Å². The quantitative estimate of drug-likeness (QED) is 0.623. The van der Waals surface area contributed by atoms with Gasteiger partial charge in [-0.3, -0.25) is 9.69 Å². The fourth-order valence-corrected chi connectivity index (χ4v) is 3.60. The van der Waals surface area contributed by atoms with Crippen molar-refractivity contribution in [1.29, 1.82) is 0 Å². The molecule has 0 radical (unpaired) electrons. The molecule has 6 nitrogen and oxygen atoms in total. The molecule has 2 rings (SSSR count). The first-order valence-electron chi connectivity index (χ1n) is 7.42. The van der Waals surface area contributed by atoms with E-state index in [4.69, 9.17) is 9.47 Å². The number of fused-ring (bicyclic) bond motifs is 1. The lowest BCUT2D eigenvalue weighted by molar-refractivity contribution is -0.167. The Kier molecular flexibility index (Phi) is 3.90. The lowest BCUT2D eigenvalue weighted by Gasteiger charge is -2.40. The first-order chi connectivity index (χ1) is 10.1. The number of esters is 1. The van der Waals surface area contributed by atoms with Crippen LogP contribution in [0.3, 0.4) is 0 Å². The molecule has 1 amide bonds. The Bertz CT molecular complexity index is 507. The van der Waals surface area contributed by atoms with Gasteiger partial charge in [-0.15, -0.1) is 6.58 Å². The van der Waals surface area contributed by atoms with E-state index in [0.717, 1.165) is 0 Å². The Morgan fingerprint density at radius 2 is 2.18 bits per heavy atom. The smallest absolute Gasteiger partial charge is 0.337 e. The van der Waals surface area contributed by atoms with Crippen molar-refractivity contribution in [3.63, 3.8) is 0 Å². The van der Waals surface area contributed by atoms with E-state index in [-0.39, 0.29) is 18.9 Å². The van der Waals surface area contributed by atoms with Gasteiger partial charge >= 0.3 is 5.97 Å². The third-order valence-corrected chi connectivity index (χ3v) is 4.81. The average molecular weight is 311 g/mol. The molecule has 2 aliphatic heterocycles. The second kappa shape index (κ2) is 5.06. The van der Waals surface area contributed by atoms with Gasteiger partial charge in [-0.05, 0) is 13.3 Å². The number of carbonyl (C=O) groups is 2. The minimum absolute atomic E-state index is 0.0754. The highest BCUT2D eigenvalue weighted by Gasteiger charge is 2.75. The zero-order chi connectivity index (χ0) is 16.9. The molecule has 22 heavy (non-hydrogen) atoms. The molecular weight excluding hydrogens is 286 g/mol. The number of amides is 1. The van der Waals surface area contributed by atoms with E-state index in [1.807, 2.05) is 20.8 Å². The average Bonchev–Trinajstić information content (AvgIpc) is 2.90. The highest BCUT2D eigenvalue weighted by atomic mass is 16.6. The van der Waals surface area contributed by atoms with Crippen molar-refractivity contribution in [2.24, 2.45) is 11.3 Å². The fourth-order valence-electron chi connectivity index (χ4n) is 3.60. The van der Waals surface area contributed by atoms with Crippen LogP contribution in [-0.4, -0.2) is 53.0 Å². The van der Waals surface area contributed by atoms with Gasteiger partial charge in [0.05, 0.1) is 19.6 Å². The maximum absolute atomic E-state index is 12.9. The molecule has 0 unspecified atom stereocenters. The van der Waals surface area contributed by atoms with E-state index < -0.39 is 34.7 Å². The number of rotatable bonds is 3. The molecule has 1 N–H and O–H groups in total. The van der Waals surface area contributed by atoms with Gasteiger partial charge in [0, 0.05) is 5.41 Å². The number of hydrogen-bond donors (Lipinski definition) is 1. The van der Waals surface area contributed by atoms with Crippen LogP contribution in [0, 0.1) is 11.3 Å². The zero-order valence-corrected chi connectivity index (χ0v) is 13.9. The number of allylic oxidation sites excluding steroid dienone is 1. The van der Waals surface area contributed by atoms with Gasteiger partial charge in [0.15, 0.2) is 5.54 Å². The predicted octanol–water partition coefficient (Wildman–Crippen LogP) is 1.09. The second-order valence-corrected chi connectivity index (χ2v) is 7.31. The minimum Gasteiger partial charge on any atom is -0.467 e. The van der Waals surface area contributed by atoms with Gasteiger partial charge < -0.3 is 14.6 Å². The standard InChI is InChI=1S/C16H25NO5/c1-7-8-10-11(18)17-12(14(2,3)4)22-9-16(17,13(19)21-6)15(10,5)20/h7,10,12,20H,1,8-9H2,2-6H3/t10-,12+,15+,16+/m1/s1. The molecule has 4 atom stereocenters. The van der Waals surface area contributed by atoms with Gasteiger partial charge in [0.2, 0.25) is 5.91 Å². The Labute approximate surface area is 131 Å². The molecule has 2 saturated heterocycles. The molecule has 0 bridgehead atoms. The highest BCUT2D eigenvalue weighted by Crippen LogP contribution is 2.52. The summed E-state index contributed by atoms with van der Waals surface area (Å²) < 4.78 is 10.7. The first-order valence-corrected chi connectivity index (χ1v) is 7.42. The topological polar surface area (TPSA) is 76.1 Å². The molecule has 2 heterocycles. The minimum atomic E-state index is -1.59.